The van der Waals surface area contributed by atoms with E-state index >= 15 is 0 Å². The van der Waals surface area contributed by atoms with Crippen LogP contribution in [0.2, 0.25) is 0 Å². The molecule has 2 heterocycles. The number of hydrogen-bond donors (Lipinski definition) is 0. The fourth-order valence-electron chi connectivity index (χ4n) is 5.52. The Hall–Kier alpha value is -3.85. The Bertz CT molecular complexity index is 1360. The van der Waals surface area contributed by atoms with Crippen LogP contribution in [-0.4, -0.2) is 5.84 Å². The van der Waals surface area contributed by atoms with Gasteiger partial charge in [-0.15, -0.1) is 0 Å². The number of benzene rings is 4. The molecule has 4 aromatic carbocycles. The second-order valence-electron chi connectivity index (χ2n) is 8.44. The van der Waals surface area contributed by atoms with Crippen LogP contribution in [0, 0.1) is 0 Å². The fourth-order valence-corrected chi connectivity index (χ4v) is 5.52. The monoisotopic (exact) mass is 400 g/mol. The number of nitrogens with zero attached hydrogens (tertiary/aromatic N) is 2. The van der Waals surface area contributed by atoms with Crippen LogP contribution >= 0.6 is 0 Å². The van der Waals surface area contributed by atoms with Crippen molar-refractivity contribution in [2.45, 2.75) is 18.0 Å². The molecular formula is C28H20N2O. The molecule has 4 aromatic rings. The summed E-state index contributed by atoms with van der Waals surface area (Å²) in [5, 5.41) is 0. The molecule has 0 saturated carbocycles. The number of aliphatic imine (C=N–C) groups is 1. The van der Waals surface area contributed by atoms with Gasteiger partial charge in [-0.3, -0.25) is 4.99 Å². The SMILES string of the molecule is c1ccc([C@]23Cc4ccccc4[C@H]2N2C(=N3)c3ccccc3Oc3ccccc32)cc1. The van der Waals surface area contributed by atoms with Crippen LogP contribution < -0.4 is 9.64 Å². The molecular weight excluding hydrogens is 380 g/mol. The minimum atomic E-state index is -0.363. The summed E-state index contributed by atoms with van der Waals surface area (Å²) in [4.78, 5) is 7.97. The topological polar surface area (TPSA) is 24.8 Å². The Morgan fingerprint density at radius 2 is 1.45 bits per heavy atom. The quantitative estimate of drug-likeness (QED) is 0.377. The maximum Gasteiger partial charge on any atom is 0.151 e. The third kappa shape index (κ3) is 2.21. The number of fused-ring (bicyclic) bond motifs is 9. The summed E-state index contributed by atoms with van der Waals surface area (Å²) in [7, 11) is 0. The minimum Gasteiger partial charge on any atom is -0.454 e. The number of ether oxygens (including phenoxy) is 1. The summed E-state index contributed by atoms with van der Waals surface area (Å²) in [6.07, 6.45) is 0.892. The van der Waals surface area contributed by atoms with E-state index in [-0.39, 0.29) is 11.6 Å². The lowest BCUT2D eigenvalue weighted by molar-refractivity contribution is 0.418. The maximum absolute atomic E-state index is 6.39. The molecule has 3 heteroatoms. The largest absolute Gasteiger partial charge is 0.454 e. The Balaban J connectivity index is 1.58. The Morgan fingerprint density at radius 1 is 0.742 bits per heavy atom. The van der Waals surface area contributed by atoms with Gasteiger partial charge in [-0.25, -0.2) is 0 Å². The van der Waals surface area contributed by atoms with Crippen molar-refractivity contribution in [3.05, 3.63) is 125 Å². The zero-order chi connectivity index (χ0) is 20.4. The van der Waals surface area contributed by atoms with E-state index < -0.39 is 0 Å². The third-order valence-electron chi connectivity index (χ3n) is 6.80. The normalized spacial score (nSPS) is 22.3. The van der Waals surface area contributed by atoms with Gasteiger partial charge in [0.1, 0.15) is 17.1 Å². The maximum atomic E-state index is 6.39. The molecule has 0 aromatic heterocycles. The molecule has 0 fully saturated rings. The van der Waals surface area contributed by atoms with E-state index in [4.69, 9.17) is 9.73 Å². The van der Waals surface area contributed by atoms with Crippen LogP contribution in [0.1, 0.15) is 28.3 Å². The van der Waals surface area contributed by atoms with Gasteiger partial charge in [-0.05, 0) is 41.0 Å². The van der Waals surface area contributed by atoms with Crippen molar-refractivity contribution in [3.63, 3.8) is 0 Å². The van der Waals surface area contributed by atoms with E-state index in [9.17, 15) is 0 Å². The van der Waals surface area contributed by atoms with E-state index in [2.05, 4.69) is 89.8 Å². The van der Waals surface area contributed by atoms with Gasteiger partial charge in [-0.1, -0.05) is 78.9 Å². The predicted molar refractivity (Wildman–Crippen MR) is 123 cm³/mol. The Labute approximate surface area is 181 Å². The lowest BCUT2D eigenvalue weighted by Crippen LogP contribution is -2.36. The number of anilines is 1. The van der Waals surface area contributed by atoms with Crippen molar-refractivity contribution in [2.75, 3.05) is 4.90 Å². The van der Waals surface area contributed by atoms with Crippen LogP contribution in [-0.2, 0) is 12.0 Å². The minimum absolute atomic E-state index is 0.0806. The lowest BCUT2D eigenvalue weighted by Gasteiger charge is -2.33. The molecule has 0 radical (unpaired) electrons. The Morgan fingerprint density at radius 3 is 2.35 bits per heavy atom. The van der Waals surface area contributed by atoms with Crippen LogP contribution in [0.15, 0.2) is 108 Å². The molecule has 31 heavy (non-hydrogen) atoms. The molecule has 0 bridgehead atoms. The standard InChI is InChI=1S/C28H20N2O/c1-2-11-20(12-3-1)28-18-19-10-4-5-13-21(19)26(28)30-23-15-7-9-17-25(23)31-24-16-8-6-14-22(24)27(30)29-28/h1-17,26H,18H2/t26-,28-/m1/s1. The highest BCUT2D eigenvalue weighted by molar-refractivity contribution is 6.15. The number of rotatable bonds is 1. The van der Waals surface area contributed by atoms with Crippen LogP contribution in [0.25, 0.3) is 0 Å². The van der Waals surface area contributed by atoms with Crippen molar-refractivity contribution in [1.29, 1.82) is 0 Å². The van der Waals surface area contributed by atoms with Gasteiger partial charge in [0.05, 0.1) is 17.3 Å². The molecule has 0 N–H and O–H groups in total. The molecule has 0 spiro atoms. The lowest BCUT2D eigenvalue weighted by atomic mass is 9.84. The molecule has 0 unspecified atom stereocenters. The number of para-hydroxylation sites is 3. The van der Waals surface area contributed by atoms with Gasteiger partial charge in [0, 0.05) is 6.42 Å². The molecule has 2 aliphatic heterocycles. The molecule has 1 aliphatic carbocycles. The van der Waals surface area contributed by atoms with Crippen LogP contribution in [0.5, 0.6) is 11.5 Å². The average molecular weight is 400 g/mol. The van der Waals surface area contributed by atoms with E-state index in [0.717, 1.165) is 35.0 Å². The van der Waals surface area contributed by atoms with Crippen molar-refractivity contribution in [1.82, 2.24) is 0 Å². The van der Waals surface area contributed by atoms with E-state index in [0.29, 0.717) is 0 Å². The summed E-state index contributed by atoms with van der Waals surface area (Å²) in [5.41, 5.74) is 5.72. The number of hydrogen-bond acceptors (Lipinski definition) is 3. The zero-order valence-corrected chi connectivity index (χ0v) is 16.9. The van der Waals surface area contributed by atoms with Gasteiger partial charge in [0.25, 0.3) is 0 Å². The molecule has 3 nitrogen and oxygen atoms in total. The highest BCUT2D eigenvalue weighted by Gasteiger charge is 2.56. The van der Waals surface area contributed by atoms with Gasteiger partial charge >= 0.3 is 0 Å². The van der Waals surface area contributed by atoms with E-state index in [1.807, 2.05) is 18.2 Å². The molecule has 148 valence electrons. The average Bonchev–Trinajstić information content (AvgIpc) is 3.28. The van der Waals surface area contributed by atoms with Crippen LogP contribution in [0.3, 0.4) is 0 Å². The summed E-state index contributed by atoms with van der Waals surface area (Å²) >= 11 is 0. The fraction of sp³-hybridized carbons (Fsp3) is 0.107. The zero-order valence-electron chi connectivity index (χ0n) is 16.9. The van der Waals surface area contributed by atoms with Crippen molar-refractivity contribution in [2.24, 2.45) is 4.99 Å². The number of amidine groups is 1. The first-order chi connectivity index (χ1) is 15.4. The second kappa shape index (κ2) is 6.08. The highest BCUT2D eigenvalue weighted by Crippen LogP contribution is 2.59. The summed E-state index contributed by atoms with van der Waals surface area (Å²) in [6, 6.07) is 36.2. The summed E-state index contributed by atoms with van der Waals surface area (Å²) in [6.45, 7) is 0. The Kier molecular flexibility index (Phi) is 3.31. The van der Waals surface area contributed by atoms with Crippen molar-refractivity contribution in [3.8, 4) is 11.5 Å². The van der Waals surface area contributed by atoms with Gasteiger partial charge in [0.2, 0.25) is 0 Å². The van der Waals surface area contributed by atoms with Crippen molar-refractivity contribution < 1.29 is 4.74 Å². The third-order valence-corrected chi connectivity index (χ3v) is 6.80. The molecule has 2 atom stereocenters. The molecule has 3 aliphatic rings. The smallest absolute Gasteiger partial charge is 0.151 e. The summed E-state index contributed by atoms with van der Waals surface area (Å²) in [5.74, 6) is 2.71. The first-order valence-corrected chi connectivity index (χ1v) is 10.7. The molecule has 7 rings (SSSR count). The molecule has 0 saturated heterocycles. The van der Waals surface area contributed by atoms with E-state index in [1.54, 1.807) is 0 Å². The van der Waals surface area contributed by atoms with Crippen molar-refractivity contribution >= 4 is 11.5 Å². The van der Waals surface area contributed by atoms with Gasteiger partial charge in [-0.2, -0.15) is 0 Å². The van der Waals surface area contributed by atoms with E-state index in [1.165, 1.54) is 16.7 Å². The highest BCUT2D eigenvalue weighted by atomic mass is 16.5. The van der Waals surface area contributed by atoms with Crippen LogP contribution in [0.4, 0.5) is 5.69 Å². The molecule has 0 amide bonds. The predicted octanol–water partition coefficient (Wildman–Crippen LogP) is 6.25. The second-order valence-corrected chi connectivity index (χ2v) is 8.44. The van der Waals surface area contributed by atoms with Gasteiger partial charge < -0.3 is 9.64 Å². The van der Waals surface area contributed by atoms with Gasteiger partial charge in [0.15, 0.2) is 5.75 Å². The summed E-state index contributed by atoms with van der Waals surface area (Å²) < 4.78 is 6.39. The first kappa shape index (κ1) is 16.9. The first-order valence-electron chi connectivity index (χ1n) is 10.7.